The summed E-state index contributed by atoms with van der Waals surface area (Å²) in [6.07, 6.45) is 1.34. The molecule has 0 atom stereocenters. The first-order valence-electron chi connectivity index (χ1n) is 10.8. The molecular formula is C25H30N2O4. The highest BCUT2D eigenvalue weighted by molar-refractivity contribution is 5.98. The van der Waals surface area contributed by atoms with Gasteiger partial charge in [-0.2, -0.15) is 0 Å². The Hall–Kier alpha value is -3.15. The molecule has 2 aromatic carbocycles. The number of carbonyl (C=O) groups is 3. The van der Waals surface area contributed by atoms with Crippen molar-refractivity contribution >= 4 is 17.6 Å². The molecule has 1 aliphatic rings. The van der Waals surface area contributed by atoms with Crippen LogP contribution >= 0.6 is 0 Å². The average molecular weight is 423 g/mol. The molecule has 2 aromatic rings. The second-order valence-corrected chi connectivity index (χ2v) is 8.44. The normalized spacial score (nSPS) is 14.0. The summed E-state index contributed by atoms with van der Waals surface area (Å²) in [4.78, 5) is 40.9. The Morgan fingerprint density at radius 3 is 2.13 bits per heavy atom. The zero-order chi connectivity index (χ0) is 22.4. The molecule has 31 heavy (non-hydrogen) atoms. The van der Waals surface area contributed by atoms with Crippen molar-refractivity contribution in [2.45, 2.75) is 33.1 Å². The van der Waals surface area contributed by atoms with Gasteiger partial charge in [-0.25, -0.2) is 0 Å². The van der Waals surface area contributed by atoms with Crippen molar-refractivity contribution in [3.8, 4) is 5.75 Å². The van der Waals surface area contributed by atoms with Crippen LogP contribution in [-0.2, 0) is 11.2 Å². The molecule has 0 unspecified atom stereocenters. The zero-order valence-electron chi connectivity index (χ0n) is 18.2. The molecule has 1 heterocycles. The number of phenols is 1. The maximum atomic E-state index is 12.5. The van der Waals surface area contributed by atoms with Crippen LogP contribution in [0, 0.1) is 5.92 Å². The summed E-state index contributed by atoms with van der Waals surface area (Å²) in [6.45, 7) is 6.08. The lowest BCUT2D eigenvalue weighted by Crippen LogP contribution is -2.50. The van der Waals surface area contributed by atoms with Gasteiger partial charge in [-0.1, -0.05) is 44.2 Å². The van der Waals surface area contributed by atoms with E-state index in [1.54, 1.807) is 21.9 Å². The van der Waals surface area contributed by atoms with Gasteiger partial charge in [0.2, 0.25) is 5.91 Å². The highest BCUT2D eigenvalue weighted by Crippen LogP contribution is 2.16. The van der Waals surface area contributed by atoms with Crippen LogP contribution in [0.3, 0.4) is 0 Å². The van der Waals surface area contributed by atoms with Gasteiger partial charge in [-0.05, 0) is 36.1 Å². The summed E-state index contributed by atoms with van der Waals surface area (Å²) in [6, 6.07) is 13.9. The van der Waals surface area contributed by atoms with Crippen molar-refractivity contribution in [3.05, 3.63) is 65.2 Å². The second-order valence-electron chi connectivity index (χ2n) is 8.44. The van der Waals surface area contributed by atoms with E-state index in [0.717, 1.165) is 6.42 Å². The van der Waals surface area contributed by atoms with E-state index in [-0.39, 0.29) is 36.2 Å². The Kier molecular flexibility index (Phi) is 7.45. The van der Waals surface area contributed by atoms with Crippen molar-refractivity contribution in [1.29, 1.82) is 0 Å². The zero-order valence-corrected chi connectivity index (χ0v) is 18.2. The topological polar surface area (TPSA) is 77.9 Å². The molecule has 1 aliphatic heterocycles. The first-order chi connectivity index (χ1) is 14.8. The van der Waals surface area contributed by atoms with E-state index in [0.29, 0.717) is 43.2 Å². The predicted octanol–water partition coefficient (Wildman–Crippen LogP) is 3.54. The van der Waals surface area contributed by atoms with Crippen LogP contribution in [0.2, 0.25) is 0 Å². The van der Waals surface area contributed by atoms with Crippen molar-refractivity contribution in [3.63, 3.8) is 0 Å². The minimum atomic E-state index is -0.154. The SMILES string of the molecule is CC(C)Cc1ccc(C(=O)CCC(=O)N2CCN(C(=O)c3cccc(O)c3)CC2)cc1. The number of benzene rings is 2. The van der Waals surface area contributed by atoms with E-state index >= 15 is 0 Å². The number of Topliss-reactive ketones (excluding diaryl/α,β-unsaturated/α-hetero) is 1. The third-order valence-electron chi connectivity index (χ3n) is 5.50. The summed E-state index contributed by atoms with van der Waals surface area (Å²) >= 11 is 0. The number of ketones is 1. The standard InChI is InChI=1S/C25H30N2O4/c1-18(2)16-19-6-8-20(9-7-19)23(29)10-11-24(30)26-12-14-27(15-13-26)25(31)21-4-3-5-22(28)17-21/h3-9,17-18,28H,10-16H2,1-2H3. The predicted molar refractivity (Wildman–Crippen MR) is 119 cm³/mol. The summed E-state index contributed by atoms with van der Waals surface area (Å²) in [5.74, 6) is 0.379. The van der Waals surface area contributed by atoms with E-state index in [9.17, 15) is 19.5 Å². The number of carbonyl (C=O) groups excluding carboxylic acids is 3. The van der Waals surface area contributed by atoms with Crippen molar-refractivity contribution in [1.82, 2.24) is 9.80 Å². The molecule has 0 saturated carbocycles. The Labute approximate surface area is 183 Å². The van der Waals surface area contributed by atoms with Gasteiger partial charge in [0.05, 0.1) is 0 Å². The van der Waals surface area contributed by atoms with Crippen LogP contribution in [0.25, 0.3) is 0 Å². The van der Waals surface area contributed by atoms with Crippen LogP contribution < -0.4 is 0 Å². The second kappa shape index (κ2) is 10.2. The van der Waals surface area contributed by atoms with Crippen molar-refractivity contribution in [2.24, 2.45) is 5.92 Å². The molecule has 0 bridgehead atoms. The molecule has 0 aliphatic carbocycles. The molecule has 1 fully saturated rings. The molecule has 6 heteroatoms. The molecule has 0 radical (unpaired) electrons. The Morgan fingerprint density at radius 2 is 1.52 bits per heavy atom. The van der Waals surface area contributed by atoms with Gasteiger partial charge in [-0.15, -0.1) is 0 Å². The maximum absolute atomic E-state index is 12.5. The monoisotopic (exact) mass is 422 g/mol. The van der Waals surface area contributed by atoms with Gasteiger partial charge in [0.15, 0.2) is 5.78 Å². The number of nitrogens with zero attached hydrogens (tertiary/aromatic N) is 2. The number of hydrogen-bond acceptors (Lipinski definition) is 4. The number of piperazine rings is 1. The fourth-order valence-corrected chi connectivity index (χ4v) is 3.80. The molecule has 2 amide bonds. The van der Waals surface area contributed by atoms with Gasteiger partial charge < -0.3 is 14.9 Å². The number of aromatic hydroxyl groups is 1. The smallest absolute Gasteiger partial charge is 0.254 e. The lowest BCUT2D eigenvalue weighted by Gasteiger charge is -2.35. The lowest BCUT2D eigenvalue weighted by atomic mass is 9.99. The third-order valence-corrected chi connectivity index (χ3v) is 5.50. The Bertz CT molecular complexity index is 929. The largest absolute Gasteiger partial charge is 0.508 e. The molecule has 3 rings (SSSR count). The van der Waals surface area contributed by atoms with E-state index < -0.39 is 0 Å². The number of hydrogen-bond donors (Lipinski definition) is 1. The van der Waals surface area contributed by atoms with Crippen molar-refractivity contribution in [2.75, 3.05) is 26.2 Å². The van der Waals surface area contributed by atoms with Gasteiger partial charge in [0.25, 0.3) is 5.91 Å². The van der Waals surface area contributed by atoms with E-state index in [1.807, 2.05) is 24.3 Å². The highest BCUT2D eigenvalue weighted by atomic mass is 16.3. The quantitative estimate of drug-likeness (QED) is 0.693. The van der Waals surface area contributed by atoms with Gasteiger partial charge in [0, 0.05) is 50.1 Å². The molecule has 1 N–H and O–H groups in total. The van der Waals surface area contributed by atoms with Crippen LogP contribution in [0.4, 0.5) is 0 Å². The number of phenolic OH excluding ortho intramolecular Hbond substituents is 1. The van der Waals surface area contributed by atoms with Gasteiger partial charge in [-0.3, -0.25) is 14.4 Å². The van der Waals surface area contributed by atoms with Gasteiger partial charge in [0.1, 0.15) is 5.75 Å². The molecule has 6 nitrogen and oxygen atoms in total. The first kappa shape index (κ1) is 22.5. The van der Waals surface area contributed by atoms with E-state index in [4.69, 9.17) is 0 Å². The van der Waals surface area contributed by atoms with Crippen molar-refractivity contribution < 1.29 is 19.5 Å². The van der Waals surface area contributed by atoms with Crippen LogP contribution in [-0.4, -0.2) is 58.7 Å². The minimum Gasteiger partial charge on any atom is -0.508 e. The fraction of sp³-hybridized carbons (Fsp3) is 0.400. The Balaban J connectivity index is 1.45. The summed E-state index contributed by atoms with van der Waals surface area (Å²) in [5.41, 5.74) is 2.28. The third kappa shape index (κ3) is 6.17. The summed E-state index contributed by atoms with van der Waals surface area (Å²) in [5, 5.41) is 9.56. The summed E-state index contributed by atoms with van der Waals surface area (Å²) in [7, 11) is 0. The maximum Gasteiger partial charge on any atom is 0.254 e. The molecule has 1 saturated heterocycles. The molecule has 0 spiro atoms. The van der Waals surface area contributed by atoms with Crippen LogP contribution in [0.15, 0.2) is 48.5 Å². The molecular weight excluding hydrogens is 392 g/mol. The number of rotatable bonds is 7. The first-order valence-corrected chi connectivity index (χ1v) is 10.8. The molecule has 0 aromatic heterocycles. The van der Waals surface area contributed by atoms with E-state index in [1.165, 1.54) is 17.7 Å². The number of amides is 2. The fourth-order valence-electron chi connectivity index (χ4n) is 3.80. The Morgan fingerprint density at radius 1 is 0.871 bits per heavy atom. The summed E-state index contributed by atoms with van der Waals surface area (Å²) < 4.78 is 0. The van der Waals surface area contributed by atoms with Crippen LogP contribution in [0.5, 0.6) is 5.75 Å². The average Bonchev–Trinajstić information content (AvgIpc) is 2.77. The van der Waals surface area contributed by atoms with E-state index in [2.05, 4.69) is 13.8 Å². The van der Waals surface area contributed by atoms with Gasteiger partial charge >= 0.3 is 0 Å². The lowest BCUT2D eigenvalue weighted by molar-refractivity contribution is -0.132. The van der Waals surface area contributed by atoms with Crippen LogP contribution in [0.1, 0.15) is 53.0 Å². The molecule has 164 valence electrons. The highest BCUT2D eigenvalue weighted by Gasteiger charge is 2.25. The minimum absolute atomic E-state index is 0.0258.